The van der Waals surface area contributed by atoms with Crippen LogP contribution in [0.1, 0.15) is 59.1 Å². The Balaban J connectivity index is 2.02. The maximum Gasteiger partial charge on any atom is 0.259 e. The number of carbonyl (C=O) groups is 1. The number of benzene rings is 2. The van der Waals surface area contributed by atoms with Crippen LogP contribution in [0.25, 0.3) is 0 Å². The molecule has 0 aliphatic carbocycles. The van der Waals surface area contributed by atoms with E-state index in [1.54, 1.807) is 4.68 Å². The van der Waals surface area contributed by atoms with Crippen molar-refractivity contribution in [3.63, 3.8) is 0 Å². The SMILES string of the molecule is Cc1nn(C(=O)C(c2ccccc2)c2ccccc2)c(C)c1CCC(C)C. The van der Waals surface area contributed by atoms with Gasteiger partial charge in [-0.15, -0.1) is 0 Å². The molecule has 0 radical (unpaired) electrons. The molecule has 0 bridgehead atoms. The second kappa shape index (κ2) is 8.34. The third-order valence-electron chi connectivity index (χ3n) is 5.13. The third kappa shape index (κ3) is 4.19. The van der Waals surface area contributed by atoms with Gasteiger partial charge >= 0.3 is 0 Å². The quantitative estimate of drug-likeness (QED) is 0.577. The van der Waals surface area contributed by atoms with Gasteiger partial charge in [-0.3, -0.25) is 4.79 Å². The van der Waals surface area contributed by atoms with Gasteiger partial charge in [0.25, 0.3) is 5.91 Å². The molecule has 140 valence electrons. The minimum Gasteiger partial charge on any atom is -0.271 e. The van der Waals surface area contributed by atoms with E-state index >= 15 is 0 Å². The molecule has 1 aromatic heterocycles. The standard InChI is InChI=1S/C24H28N2O/c1-17(2)15-16-22-18(3)25-26(19(22)4)24(27)23(20-11-7-5-8-12-20)21-13-9-6-10-14-21/h5-14,17,23H,15-16H2,1-4H3. The van der Waals surface area contributed by atoms with Crippen molar-refractivity contribution < 1.29 is 4.79 Å². The Morgan fingerprint density at radius 3 is 1.93 bits per heavy atom. The predicted octanol–water partition coefficient (Wildman–Crippen LogP) is 5.56. The molecule has 3 aromatic rings. The van der Waals surface area contributed by atoms with Crippen LogP contribution in [0.15, 0.2) is 60.7 Å². The molecule has 0 N–H and O–H groups in total. The van der Waals surface area contributed by atoms with Crippen molar-refractivity contribution in [1.29, 1.82) is 0 Å². The Labute approximate surface area is 162 Å². The summed E-state index contributed by atoms with van der Waals surface area (Å²) in [4.78, 5) is 13.6. The van der Waals surface area contributed by atoms with Crippen LogP contribution in [0.3, 0.4) is 0 Å². The number of carbonyl (C=O) groups excluding carboxylic acids is 1. The van der Waals surface area contributed by atoms with Gasteiger partial charge in [0.2, 0.25) is 0 Å². The summed E-state index contributed by atoms with van der Waals surface area (Å²) in [5.74, 6) is 0.274. The van der Waals surface area contributed by atoms with E-state index in [0.29, 0.717) is 5.92 Å². The van der Waals surface area contributed by atoms with Crippen molar-refractivity contribution in [3.8, 4) is 0 Å². The Morgan fingerprint density at radius 1 is 0.926 bits per heavy atom. The molecule has 1 heterocycles. The Kier molecular flexibility index (Phi) is 5.90. The molecular formula is C24H28N2O. The zero-order valence-electron chi connectivity index (χ0n) is 16.6. The van der Waals surface area contributed by atoms with Gasteiger partial charge in [0, 0.05) is 5.69 Å². The zero-order valence-corrected chi connectivity index (χ0v) is 16.6. The summed E-state index contributed by atoms with van der Waals surface area (Å²) < 4.78 is 1.62. The largest absolute Gasteiger partial charge is 0.271 e. The summed E-state index contributed by atoms with van der Waals surface area (Å²) in [6.45, 7) is 8.47. The molecule has 3 nitrogen and oxygen atoms in total. The Morgan fingerprint density at radius 2 is 1.44 bits per heavy atom. The fourth-order valence-corrected chi connectivity index (χ4v) is 3.58. The number of nitrogens with zero attached hydrogens (tertiary/aromatic N) is 2. The van der Waals surface area contributed by atoms with E-state index in [4.69, 9.17) is 0 Å². The lowest BCUT2D eigenvalue weighted by molar-refractivity contribution is 0.0874. The molecule has 2 aromatic carbocycles. The lowest BCUT2D eigenvalue weighted by Crippen LogP contribution is -2.23. The Bertz CT molecular complexity index is 855. The maximum absolute atomic E-state index is 13.6. The van der Waals surface area contributed by atoms with Gasteiger partial charge in [-0.1, -0.05) is 74.5 Å². The van der Waals surface area contributed by atoms with Crippen LogP contribution in [-0.2, 0) is 6.42 Å². The van der Waals surface area contributed by atoms with E-state index in [1.807, 2.05) is 74.5 Å². The average Bonchev–Trinajstić information content (AvgIpc) is 2.96. The molecule has 3 rings (SSSR count). The first kappa shape index (κ1) is 19.1. The lowest BCUT2D eigenvalue weighted by Gasteiger charge is -2.17. The summed E-state index contributed by atoms with van der Waals surface area (Å²) in [7, 11) is 0. The van der Waals surface area contributed by atoms with E-state index in [9.17, 15) is 4.79 Å². The van der Waals surface area contributed by atoms with Gasteiger partial charge in [0.1, 0.15) is 0 Å². The highest BCUT2D eigenvalue weighted by molar-refractivity contribution is 5.89. The number of hydrogen-bond donors (Lipinski definition) is 0. The summed E-state index contributed by atoms with van der Waals surface area (Å²) in [5.41, 5.74) is 5.11. The number of rotatable bonds is 6. The normalized spacial score (nSPS) is 11.3. The predicted molar refractivity (Wildman–Crippen MR) is 110 cm³/mol. The molecule has 0 aliphatic rings. The smallest absolute Gasteiger partial charge is 0.259 e. The Hall–Kier alpha value is -2.68. The van der Waals surface area contributed by atoms with E-state index < -0.39 is 0 Å². The van der Waals surface area contributed by atoms with Gasteiger partial charge in [-0.2, -0.15) is 5.10 Å². The first-order valence-electron chi connectivity index (χ1n) is 9.68. The molecule has 0 fully saturated rings. The monoisotopic (exact) mass is 360 g/mol. The van der Waals surface area contributed by atoms with Gasteiger partial charge < -0.3 is 0 Å². The molecule has 0 aliphatic heterocycles. The van der Waals surface area contributed by atoms with Crippen molar-refractivity contribution in [1.82, 2.24) is 9.78 Å². The second-order valence-corrected chi connectivity index (χ2v) is 7.59. The molecule has 27 heavy (non-hydrogen) atoms. The van der Waals surface area contributed by atoms with Crippen molar-refractivity contribution in [2.75, 3.05) is 0 Å². The minimum atomic E-state index is -0.358. The number of aromatic nitrogens is 2. The van der Waals surface area contributed by atoms with Crippen LogP contribution < -0.4 is 0 Å². The van der Waals surface area contributed by atoms with Gasteiger partial charge in [0.15, 0.2) is 0 Å². The van der Waals surface area contributed by atoms with Crippen molar-refractivity contribution in [2.45, 2.75) is 46.5 Å². The highest BCUT2D eigenvalue weighted by Crippen LogP contribution is 2.28. The molecule has 0 atom stereocenters. The van der Waals surface area contributed by atoms with Gasteiger partial charge in [-0.05, 0) is 49.3 Å². The molecule has 0 saturated carbocycles. The van der Waals surface area contributed by atoms with Gasteiger partial charge in [-0.25, -0.2) is 4.68 Å². The minimum absolute atomic E-state index is 0.00352. The number of aryl methyl sites for hydroxylation is 1. The molecule has 3 heteroatoms. The summed E-state index contributed by atoms with van der Waals surface area (Å²) in [6.07, 6.45) is 2.06. The maximum atomic E-state index is 13.6. The van der Waals surface area contributed by atoms with Crippen molar-refractivity contribution in [2.24, 2.45) is 5.92 Å². The first-order chi connectivity index (χ1) is 13.0. The van der Waals surface area contributed by atoms with E-state index in [1.165, 1.54) is 5.56 Å². The molecule has 0 unspecified atom stereocenters. The fourth-order valence-electron chi connectivity index (χ4n) is 3.58. The fraction of sp³-hybridized carbons (Fsp3) is 0.333. The van der Waals surface area contributed by atoms with Gasteiger partial charge in [0.05, 0.1) is 11.6 Å². The van der Waals surface area contributed by atoms with Crippen LogP contribution in [0, 0.1) is 19.8 Å². The summed E-state index contributed by atoms with van der Waals surface area (Å²) in [6, 6.07) is 19.9. The van der Waals surface area contributed by atoms with Crippen LogP contribution in [0.2, 0.25) is 0 Å². The zero-order chi connectivity index (χ0) is 19.4. The molecular weight excluding hydrogens is 332 g/mol. The second-order valence-electron chi connectivity index (χ2n) is 7.59. The van der Waals surface area contributed by atoms with E-state index in [0.717, 1.165) is 35.4 Å². The molecule has 0 spiro atoms. The van der Waals surface area contributed by atoms with Crippen LogP contribution in [0.4, 0.5) is 0 Å². The average molecular weight is 361 g/mol. The highest BCUT2D eigenvalue weighted by atomic mass is 16.2. The van der Waals surface area contributed by atoms with Crippen LogP contribution >= 0.6 is 0 Å². The van der Waals surface area contributed by atoms with Crippen LogP contribution in [-0.4, -0.2) is 15.7 Å². The topological polar surface area (TPSA) is 34.9 Å². The van der Waals surface area contributed by atoms with E-state index in [2.05, 4.69) is 18.9 Å². The van der Waals surface area contributed by atoms with Crippen molar-refractivity contribution in [3.05, 3.63) is 88.7 Å². The lowest BCUT2D eigenvalue weighted by atomic mass is 9.90. The highest BCUT2D eigenvalue weighted by Gasteiger charge is 2.27. The summed E-state index contributed by atoms with van der Waals surface area (Å²) in [5, 5.41) is 4.63. The first-order valence-corrected chi connectivity index (χ1v) is 9.68. The number of hydrogen-bond acceptors (Lipinski definition) is 2. The summed E-state index contributed by atoms with van der Waals surface area (Å²) >= 11 is 0. The molecule has 0 amide bonds. The molecule has 0 saturated heterocycles. The van der Waals surface area contributed by atoms with Crippen LogP contribution in [0.5, 0.6) is 0 Å². The van der Waals surface area contributed by atoms with E-state index in [-0.39, 0.29) is 11.8 Å². The third-order valence-corrected chi connectivity index (χ3v) is 5.13. The van der Waals surface area contributed by atoms with Crippen molar-refractivity contribution >= 4 is 5.91 Å².